The fourth-order valence-electron chi connectivity index (χ4n) is 3.44. The summed E-state index contributed by atoms with van der Waals surface area (Å²) in [5.41, 5.74) is -0.336. The lowest BCUT2D eigenvalue weighted by Crippen LogP contribution is -2.41. The summed E-state index contributed by atoms with van der Waals surface area (Å²) >= 11 is 0. The Kier molecular flexibility index (Phi) is 5.86. The van der Waals surface area contributed by atoms with Gasteiger partial charge < -0.3 is 28.3 Å². The molecule has 2 saturated heterocycles. The number of ether oxygens (including phenoxy) is 4. The van der Waals surface area contributed by atoms with Crippen LogP contribution in [-0.2, 0) is 18.8 Å². The smallest absolute Gasteiger partial charge is 0.480 e. The number of hydrogen-bond acceptors (Lipinski definition) is 8. The quantitative estimate of drug-likeness (QED) is 0.652. The topological polar surface area (TPSA) is 92.1 Å². The zero-order chi connectivity index (χ0) is 23.1. The van der Waals surface area contributed by atoms with E-state index in [0.717, 1.165) is 0 Å². The summed E-state index contributed by atoms with van der Waals surface area (Å²) in [5, 5.41) is 9.12. The molecular formula is C22H24BFN2O6. The molecule has 0 unspecified atom stereocenters. The number of hydrogen-bond donors (Lipinski definition) is 0. The lowest BCUT2D eigenvalue weighted by Gasteiger charge is -2.32. The molecule has 1 aromatic carbocycles. The van der Waals surface area contributed by atoms with Crippen molar-refractivity contribution in [2.75, 3.05) is 20.3 Å². The first-order valence-electron chi connectivity index (χ1n) is 10.2. The van der Waals surface area contributed by atoms with Crippen molar-refractivity contribution in [2.45, 2.75) is 45.2 Å². The highest BCUT2D eigenvalue weighted by molar-refractivity contribution is 6.62. The third-order valence-electron chi connectivity index (χ3n) is 5.91. The van der Waals surface area contributed by atoms with Crippen LogP contribution in [-0.4, -0.2) is 43.6 Å². The molecule has 2 fully saturated rings. The van der Waals surface area contributed by atoms with E-state index in [1.54, 1.807) is 6.07 Å². The molecule has 8 nitrogen and oxygen atoms in total. The van der Waals surface area contributed by atoms with Gasteiger partial charge in [-0.25, -0.2) is 4.39 Å². The zero-order valence-corrected chi connectivity index (χ0v) is 18.6. The number of pyridine rings is 1. The Morgan fingerprint density at radius 2 is 1.75 bits per heavy atom. The highest BCUT2D eigenvalue weighted by Crippen LogP contribution is 2.39. The van der Waals surface area contributed by atoms with E-state index in [-0.39, 0.29) is 28.6 Å². The largest absolute Gasteiger partial charge is 0.495 e. The Balaban J connectivity index is 1.72. The van der Waals surface area contributed by atoms with E-state index in [1.807, 2.05) is 33.8 Å². The summed E-state index contributed by atoms with van der Waals surface area (Å²) in [7, 11) is 0.583. The molecule has 2 aromatic rings. The fourth-order valence-corrected chi connectivity index (χ4v) is 3.44. The van der Waals surface area contributed by atoms with Gasteiger partial charge in [0.15, 0.2) is 17.9 Å². The van der Waals surface area contributed by atoms with E-state index in [9.17, 15) is 0 Å². The van der Waals surface area contributed by atoms with Gasteiger partial charge in [-0.15, -0.1) is 0 Å². The minimum absolute atomic E-state index is 0.0716. The molecule has 10 heteroatoms. The monoisotopic (exact) mass is 442 g/mol. The van der Waals surface area contributed by atoms with Gasteiger partial charge in [0.05, 0.1) is 31.5 Å². The Morgan fingerprint density at radius 3 is 2.34 bits per heavy atom. The standard InChI is InChI=1S/C22H24BFN2O6/c1-21(2)22(3,4)32-23(31-21)14-7-8-15(18(24)17(14)20-28-10-11-29-20)30-16-9-6-13(12-25)19(26-16)27-5/h6-9,20H,10-11H2,1-5H3. The van der Waals surface area contributed by atoms with Gasteiger partial charge in [0.1, 0.15) is 11.6 Å². The Hall–Kier alpha value is -2.71. The fraction of sp³-hybridized carbons (Fsp3) is 0.455. The number of nitrogens with zero attached hydrogens (tertiary/aromatic N) is 2. The molecule has 0 aliphatic carbocycles. The van der Waals surface area contributed by atoms with E-state index >= 15 is 4.39 Å². The third kappa shape index (κ3) is 3.93. The van der Waals surface area contributed by atoms with E-state index in [0.29, 0.717) is 18.7 Å². The Bertz CT molecular complexity index is 1050. The molecule has 0 radical (unpaired) electrons. The van der Waals surface area contributed by atoms with Crippen molar-refractivity contribution < 1.29 is 32.6 Å². The summed E-state index contributed by atoms with van der Waals surface area (Å²) in [6, 6.07) is 8.06. The number of halogens is 1. The second-order valence-corrected chi connectivity index (χ2v) is 8.46. The van der Waals surface area contributed by atoms with Gasteiger partial charge in [-0.05, 0) is 45.3 Å². The summed E-state index contributed by atoms with van der Waals surface area (Å²) in [6.07, 6.45) is -0.920. The predicted molar refractivity (Wildman–Crippen MR) is 112 cm³/mol. The lowest BCUT2D eigenvalue weighted by atomic mass is 9.75. The van der Waals surface area contributed by atoms with Crippen LogP contribution < -0.4 is 14.9 Å². The summed E-state index contributed by atoms with van der Waals surface area (Å²) < 4.78 is 49.9. The maximum atomic E-state index is 15.7. The molecule has 0 N–H and O–H groups in total. The molecule has 2 aliphatic rings. The van der Waals surface area contributed by atoms with E-state index in [1.165, 1.54) is 25.3 Å². The van der Waals surface area contributed by atoms with Crippen molar-refractivity contribution in [1.82, 2.24) is 4.98 Å². The molecule has 1 aromatic heterocycles. The molecule has 3 heterocycles. The molecule has 0 amide bonds. The lowest BCUT2D eigenvalue weighted by molar-refractivity contribution is -0.0460. The Morgan fingerprint density at radius 1 is 1.09 bits per heavy atom. The molecule has 4 rings (SSSR count). The van der Waals surface area contributed by atoms with Gasteiger partial charge in [0.25, 0.3) is 0 Å². The molecule has 0 saturated carbocycles. The van der Waals surface area contributed by atoms with Crippen molar-refractivity contribution in [3.63, 3.8) is 0 Å². The summed E-state index contributed by atoms with van der Waals surface area (Å²) in [6.45, 7) is 8.37. The number of benzene rings is 1. The van der Waals surface area contributed by atoms with Crippen molar-refractivity contribution in [1.29, 1.82) is 5.26 Å². The normalized spacial score (nSPS) is 19.7. The third-order valence-corrected chi connectivity index (χ3v) is 5.91. The summed E-state index contributed by atoms with van der Waals surface area (Å²) in [4.78, 5) is 4.12. The molecule has 2 aliphatic heterocycles. The van der Waals surface area contributed by atoms with Crippen LogP contribution in [0.1, 0.15) is 45.1 Å². The molecule has 0 atom stereocenters. The number of methoxy groups -OCH3 is 1. The van der Waals surface area contributed by atoms with Gasteiger partial charge in [0, 0.05) is 11.6 Å². The van der Waals surface area contributed by atoms with Crippen LogP contribution in [0, 0.1) is 17.1 Å². The van der Waals surface area contributed by atoms with Gasteiger partial charge in [-0.2, -0.15) is 10.2 Å². The summed E-state index contributed by atoms with van der Waals surface area (Å²) in [5.74, 6) is -0.600. The first-order chi connectivity index (χ1) is 15.2. The van der Waals surface area contributed by atoms with Crippen molar-refractivity contribution in [3.05, 3.63) is 41.2 Å². The van der Waals surface area contributed by atoms with Gasteiger partial charge in [-0.1, -0.05) is 6.07 Å². The van der Waals surface area contributed by atoms with E-state index in [2.05, 4.69) is 4.98 Å². The highest BCUT2D eigenvalue weighted by atomic mass is 19.1. The minimum Gasteiger partial charge on any atom is -0.480 e. The number of rotatable bonds is 5. The van der Waals surface area contributed by atoms with Crippen LogP contribution >= 0.6 is 0 Å². The van der Waals surface area contributed by atoms with Crippen LogP contribution in [0.4, 0.5) is 4.39 Å². The van der Waals surface area contributed by atoms with E-state index < -0.39 is 30.4 Å². The second-order valence-electron chi connectivity index (χ2n) is 8.46. The first-order valence-corrected chi connectivity index (χ1v) is 10.2. The average molecular weight is 442 g/mol. The molecule has 168 valence electrons. The van der Waals surface area contributed by atoms with Gasteiger partial charge >= 0.3 is 7.12 Å². The average Bonchev–Trinajstić information content (AvgIpc) is 3.35. The molecule has 0 spiro atoms. The first kappa shape index (κ1) is 22.5. The van der Waals surface area contributed by atoms with Gasteiger partial charge in [-0.3, -0.25) is 0 Å². The van der Waals surface area contributed by atoms with Crippen LogP contribution in [0.3, 0.4) is 0 Å². The predicted octanol–water partition coefficient (Wildman–Crippen LogP) is 3.24. The molecular weight excluding hydrogens is 418 g/mol. The number of nitriles is 1. The van der Waals surface area contributed by atoms with Crippen molar-refractivity contribution in [2.24, 2.45) is 0 Å². The van der Waals surface area contributed by atoms with Crippen LogP contribution in [0.15, 0.2) is 24.3 Å². The maximum absolute atomic E-state index is 15.7. The molecule has 0 bridgehead atoms. The van der Waals surface area contributed by atoms with Crippen LogP contribution in [0.25, 0.3) is 0 Å². The second kappa shape index (κ2) is 8.33. The minimum atomic E-state index is -0.920. The SMILES string of the molecule is COc1nc(Oc2ccc(B3OC(C)(C)C(C)(C)O3)c(C3OCCO3)c2F)ccc1C#N. The van der Waals surface area contributed by atoms with Crippen molar-refractivity contribution in [3.8, 4) is 23.6 Å². The highest BCUT2D eigenvalue weighted by Gasteiger charge is 2.53. The van der Waals surface area contributed by atoms with Crippen LogP contribution in [0.5, 0.6) is 17.5 Å². The maximum Gasteiger partial charge on any atom is 0.495 e. The van der Waals surface area contributed by atoms with Crippen LogP contribution in [0.2, 0.25) is 0 Å². The molecule has 32 heavy (non-hydrogen) atoms. The number of aromatic nitrogens is 1. The van der Waals surface area contributed by atoms with Gasteiger partial charge in [0.2, 0.25) is 11.8 Å². The van der Waals surface area contributed by atoms with E-state index in [4.69, 9.17) is 33.5 Å². The van der Waals surface area contributed by atoms with Crippen molar-refractivity contribution >= 4 is 12.6 Å². The Labute approximate surface area is 186 Å². The zero-order valence-electron chi connectivity index (χ0n) is 18.6.